The van der Waals surface area contributed by atoms with Gasteiger partial charge in [0.15, 0.2) is 0 Å². The molecule has 3 nitrogen and oxygen atoms in total. The van der Waals surface area contributed by atoms with Gasteiger partial charge in [0.25, 0.3) is 0 Å². The number of aryl methyl sites for hydroxylation is 1. The van der Waals surface area contributed by atoms with Crippen molar-refractivity contribution in [1.29, 1.82) is 0 Å². The quantitative estimate of drug-likeness (QED) is 0.710. The van der Waals surface area contributed by atoms with E-state index in [9.17, 15) is 0 Å². The van der Waals surface area contributed by atoms with Gasteiger partial charge in [0.1, 0.15) is 0 Å². The van der Waals surface area contributed by atoms with Crippen molar-refractivity contribution < 1.29 is 0 Å². The predicted molar refractivity (Wildman–Crippen MR) is 67.4 cm³/mol. The third-order valence-electron chi connectivity index (χ3n) is 2.42. The maximum atomic E-state index is 4.18. The van der Waals surface area contributed by atoms with Gasteiger partial charge < -0.3 is 4.90 Å². The van der Waals surface area contributed by atoms with E-state index in [0.29, 0.717) is 0 Å². The van der Waals surface area contributed by atoms with Crippen LogP contribution in [0.25, 0.3) is 0 Å². The highest BCUT2D eigenvalue weighted by Gasteiger charge is 2.03. The molecule has 0 saturated heterocycles. The Morgan fingerprint density at radius 3 is 2.73 bits per heavy atom. The highest BCUT2D eigenvalue weighted by Crippen LogP contribution is 2.01. The molecular weight excluding hydrogens is 254 g/mol. The number of aromatic nitrogens is 2. The van der Waals surface area contributed by atoms with Crippen LogP contribution in [0.3, 0.4) is 0 Å². The molecule has 0 bridgehead atoms. The lowest BCUT2D eigenvalue weighted by Crippen LogP contribution is -2.28. The molecule has 0 fully saturated rings. The van der Waals surface area contributed by atoms with E-state index in [4.69, 9.17) is 0 Å². The Hall–Kier alpha value is -0.350. The fourth-order valence-corrected chi connectivity index (χ4v) is 2.16. The van der Waals surface area contributed by atoms with Gasteiger partial charge in [-0.3, -0.25) is 4.68 Å². The Labute approximate surface area is 101 Å². The van der Waals surface area contributed by atoms with E-state index < -0.39 is 0 Å². The Morgan fingerprint density at radius 2 is 2.20 bits per heavy atom. The van der Waals surface area contributed by atoms with Gasteiger partial charge in [0.2, 0.25) is 0 Å². The molecule has 1 heterocycles. The molecule has 0 saturated carbocycles. The number of nitrogens with zero attached hydrogens (tertiary/aromatic N) is 3. The summed E-state index contributed by atoms with van der Waals surface area (Å²) < 4.78 is 1.87. The van der Waals surface area contributed by atoms with Crippen molar-refractivity contribution in [2.75, 3.05) is 25.0 Å². The average molecular weight is 274 g/mol. The van der Waals surface area contributed by atoms with Crippen LogP contribution in [0.15, 0.2) is 12.4 Å². The molecule has 86 valence electrons. The Kier molecular flexibility index (Phi) is 5.95. The molecule has 15 heavy (non-hydrogen) atoms. The van der Waals surface area contributed by atoms with Crippen molar-refractivity contribution in [3.63, 3.8) is 0 Å². The van der Waals surface area contributed by atoms with Crippen LogP contribution in [0.5, 0.6) is 0 Å². The largest absolute Gasteiger partial charge is 0.302 e. The maximum absolute atomic E-state index is 4.18. The van der Waals surface area contributed by atoms with E-state index in [1.54, 1.807) is 0 Å². The van der Waals surface area contributed by atoms with E-state index in [0.717, 1.165) is 24.8 Å². The zero-order valence-electron chi connectivity index (χ0n) is 9.62. The second-order valence-electron chi connectivity index (χ2n) is 3.80. The standard InChI is InChI=1S/C11H20BrN3/c1-3-6-15(8-5-12)7-4-11-9-13-14(2)10-11/h9-10H,3-8H2,1-2H3. The van der Waals surface area contributed by atoms with Gasteiger partial charge >= 0.3 is 0 Å². The second kappa shape index (κ2) is 7.01. The average Bonchev–Trinajstić information content (AvgIpc) is 2.61. The minimum atomic E-state index is 1.06. The summed E-state index contributed by atoms with van der Waals surface area (Å²) in [5, 5.41) is 5.23. The summed E-state index contributed by atoms with van der Waals surface area (Å²) in [6.45, 7) is 5.68. The number of hydrogen-bond acceptors (Lipinski definition) is 2. The summed E-state index contributed by atoms with van der Waals surface area (Å²) in [6.07, 6.45) is 6.37. The molecular formula is C11H20BrN3. The van der Waals surface area contributed by atoms with Gasteiger partial charge in [-0.1, -0.05) is 22.9 Å². The van der Waals surface area contributed by atoms with Gasteiger partial charge in [0, 0.05) is 31.7 Å². The molecule has 0 aliphatic heterocycles. The molecule has 0 radical (unpaired) electrons. The maximum Gasteiger partial charge on any atom is 0.0522 e. The highest BCUT2D eigenvalue weighted by molar-refractivity contribution is 9.09. The minimum Gasteiger partial charge on any atom is -0.302 e. The van der Waals surface area contributed by atoms with E-state index in [1.807, 2.05) is 17.9 Å². The Morgan fingerprint density at radius 1 is 1.40 bits per heavy atom. The minimum absolute atomic E-state index is 1.06. The van der Waals surface area contributed by atoms with Crippen molar-refractivity contribution in [1.82, 2.24) is 14.7 Å². The van der Waals surface area contributed by atoms with Gasteiger partial charge in [-0.25, -0.2) is 0 Å². The molecule has 0 atom stereocenters. The zero-order chi connectivity index (χ0) is 11.1. The normalized spacial score (nSPS) is 11.2. The second-order valence-corrected chi connectivity index (χ2v) is 4.60. The van der Waals surface area contributed by atoms with E-state index in [1.165, 1.54) is 18.5 Å². The van der Waals surface area contributed by atoms with Crippen LogP contribution in [0.1, 0.15) is 18.9 Å². The van der Waals surface area contributed by atoms with Crippen molar-refractivity contribution in [2.24, 2.45) is 7.05 Å². The molecule has 1 rings (SSSR count). The highest BCUT2D eigenvalue weighted by atomic mass is 79.9. The molecule has 1 aromatic rings. The van der Waals surface area contributed by atoms with Crippen LogP contribution in [0, 0.1) is 0 Å². The SMILES string of the molecule is CCCN(CCBr)CCc1cnn(C)c1. The summed E-state index contributed by atoms with van der Waals surface area (Å²) in [4.78, 5) is 2.49. The predicted octanol–water partition coefficient (Wildman–Crippen LogP) is 2.07. The van der Waals surface area contributed by atoms with Gasteiger partial charge in [0.05, 0.1) is 6.20 Å². The molecule has 0 aromatic carbocycles. The lowest BCUT2D eigenvalue weighted by Gasteiger charge is -2.19. The Bertz CT molecular complexity index is 267. The smallest absolute Gasteiger partial charge is 0.0522 e. The van der Waals surface area contributed by atoms with Crippen LogP contribution in [0.2, 0.25) is 0 Å². The third kappa shape index (κ3) is 4.80. The molecule has 0 amide bonds. The Balaban J connectivity index is 2.32. The van der Waals surface area contributed by atoms with Crippen LogP contribution >= 0.6 is 15.9 Å². The topological polar surface area (TPSA) is 21.1 Å². The van der Waals surface area contributed by atoms with Crippen LogP contribution < -0.4 is 0 Å². The van der Waals surface area contributed by atoms with Gasteiger partial charge in [-0.2, -0.15) is 5.10 Å². The molecule has 0 aliphatic carbocycles. The van der Waals surface area contributed by atoms with Gasteiger partial charge in [-0.15, -0.1) is 0 Å². The fourth-order valence-electron chi connectivity index (χ4n) is 1.66. The number of halogens is 1. The van der Waals surface area contributed by atoms with E-state index >= 15 is 0 Å². The lowest BCUT2D eigenvalue weighted by atomic mass is 10.2. The summed E-state index contributed by atoms with van der Waals surface area (Å²) in [5.74, 6) is 0. The first-order valence-electron chi connectivity index (χ1n) is 5.52. The first kappa shape index (κ1) is 12.7. The van der Waals surface area contributed by atoms with Crippen molar-refractivity contribution in [3.05, 3.63) is 18.0 Å². The van der Waals surface area contributed by atoms with Crippen LogP contribution in [-0.2, 0) is 13.5 Å². The number of alkyl halides is 1. The monoisotopic (exact) mass is 273 g/mol. The van der Waals surface area contributed by atoms with E-state index in [2.05, 4.69) is 39.0 Å². The molecule has 0 unspecified atom stereocenters. The number of rotatable bonds is 7. The molecule has 0 aliphatic rings. The summed E-state index contributed by atoms with van der Waals surface area (Å²) >= 11 is 3.49. The van der Waals surface area contributed by atoms with Crippen LogP contribution in [-0.4, -0.2) is 39.6 Å². The van der Waals surface area contributed by atoms with E-state index in [-0.39, 0.29) is 0 Å². The first-order chi connectivity index (χ1) is 7.26. The number of hydrogen-bond donors (Lipinski definition) is 0. The van der Waals surface area contributed by atoms with Crippen molar-refractivity contribution in [2.45, 2.75) is 19.8 Å². The van der Waals surface area contributed by atoms with Gasteiger partial charge in [-0.05, 0) is 24.9 Å². The summed E-state index contributed by atoms with van der Waals surface area (Å²) in [6, 6.07) is 0. The zero-order valence-corrected chi connectivity index (χ0v) is 11.2. The molecule has 1 aromatic heterocycles. The lowest BCUT2D eigenvalue weighted by molar-refractivity contribution is 0.295. The fraction of sp³-hybridized carbons (Fsp3) is 0.727. The van der Waals surface area contributed by atoms with Crippen LogP contribution in [0.4, 0.5) is 0 Å². The molecule has 4 heteroatoms. The third-order valence-corrected chi connectivity index (χ3v) is 2.77. The summed E-state index contributed by atoms with van der Waals surface area (Å²) in [7, 11) is 1.96. The molecule has 0 N–H and O–H groups in total. The molecule has 0 spiro atoms. The van der Waals surface area contributed by atoms with Crippen molar-refractivity contribution >= 4 is 15.9 Å². The first-order valence-corrected chi connectivity index (χ1v) is 6.64. The summed E-state index contributed by atoms with van der Waals surface area (Å²) in [5.41, 5.74) is 1.33. The van der Waals surface area contributed by atoms with Crippen molar-refractivity contribution in [3.8, 4) is 0 Å².